The lowest BCUT2D eigenvalue weighted by molar-refractivity contribution is 0.305. The van der Waals surface area contributed by atoms with Crippen molar-refractivity contribution in [2.24, 2.45) is 10.9 Å². The fraction of sp³-hybridized carbons (Fsp3) is 0.133. The number of hydrogen-bond donors (Lipinski definition) is 2. The first-order valence-electron chi connectivity index (χ1n) is 5.96. The number of oxime groups is 1. The van der Waals surface area contributed by atoms with Crippen LogP contribution in [0.5, 0.6) is 5.75 Å². The molecule has 98 valence electrons. The van der Waals surface area contributed by atoms with Gasteiger partial charge in [0.1, 0.15) is 12.4 Å². The molecule has 0 aromatic heterocycles. The fourth-order valence-electron chi connectivity index (χ4n) is 1.82. The fourth-order valence-corrected chi connectivity index (χ4v) is 1.82. The van der Waals surface area contributed by atoms with E-state index in [4.69, 9.17) is 15.7 Å². The Labute approximate surface area is 112 Å². The number of amidine groups is 1. The summed E-state index contributed by atoms with van der Waals surface area (Å²) in [7, 11) is 0. The molecule has 0 unspecified atom stereocenters. The minimum absolute atomic E-state index is 0.0865. The number of nitrogens with two attached hydrogens (primary N) is 1. The number of nitrogens with zero attached hydrogens (tertiary/aromatic N) is 1. The SMILES string of the molecule is Cc1cccc(OCc2ccccc2C(N)=NO)c1. The molecule has 3 N–H and O–H groups in total. The van der Waals surface area contributed by atoms with Crippen LogP contribution in [0.4, 0.5) is 0 Å². The molecule has 4 heteroatoms. The van der Waals surface area contributed by atoms with Crippen LogP contribution in [0.25, 0.3) is 0 Å². The van der Waals surface area contributed by atoms with Crippen molar-refractivity contribution in [2.75, 3.05) is 0 Å². The van der Waals surface area contributed by atoms with Gasteiger partial charge in [0.05, 0.1) is 0 Å². The topological polar surface area (TPSA) is 67.8 Å². The molecule has 0 spiro atoms. The molecule has 0 atom stereocenters. The Morgan fingerprint density at radius 1 is 1.21 bits per heavy atom. The van der Waals surface area contributed by atoms with Gasteiger partial charge in [0.25, 0.3) is 0 Å². The standard InChI is InChI=1S/C15H16N2O2/c1-11-5-4-7-13(9-11)19-10-12-6-2-3-8-14(12)15(16)17-18/h2-9,18H,10H2,1H3,(H2,16,17). The van der Waals surface area contributed by atoms with Crippen molar-refractivity contribution in [1.82, 2.24) is 0 Å². The lowest BCUT2D eigenvalue weighted by atomic mass is 10.1. The van der Waals surface area contributed by atoms with Crippen LogP contribution in [0.3, 0.4) is 0 Å². The van der Waals surface area contributed by atoms with E-state index in [1.165, 1.54) is 0 Å². The Morgan fingerprint density at radius 2 is 2.00 bits per heavy atom. The molecular formula is C15H16N2O2. The zero-order valence-corrected chi connectivity index (χ0v) is 10.7. The molecule has 0 bridgehead atoms. The monoisotopic (exact) mass is 256 g/mol. The van der Waals surface area contributed by atoms with Crippen molar-refractivity contribution in [3.63, 3.8) is 0 Å². The van der Waals surface area contributed by atoms with E-state index >= 15 is 0 Å². The number of hydrogen-bond acceptors (Lipinski definition) is 3. The smallest absolute Gasteiger partial charge is 0.170 e. The zero-order chi connectivity index (χ0) is 13.7. The molecule has 2 rings (SSSR count). The average Bonchev–Trinajstić information content (AvgIpc) is 2.45. The van der Waals surface area contributed by atoms with Gasteiger partial charge in [-0.15, -0.1) is 0 Å². The van der Waals surface area contributed by atoms with E-state index in [0.717, 1.165) is 16.9 Å². The molecule has 0 radical (unpaired) electrons. The number of benzene rings is 2. The molecule has 0 aliphatic carbocycles. The summed E-state index contributed by atoms with van der Waals surface area (Å²) in [6.45, 7) is 2.38. The summed E-state index contributed by atoms with van der Waals surface area (Å²) in [5.41, 5.74) is 8.33. The average molecular weight is 256 g/mol. The molecular weight excluding hydrogens is 240 g/mol. The predicted octanol–water partition coefficient (Wildman–Crippen LogP) is 2.67. The van der Waals surface area contributed by atoms with E-state index in [1.54, 1.807) is 6.07 Å². The van der Waals surface area contributed by atoms with Crippen molar-refractivity contribution in [2.45, 2.75) is 13.5 Å². The molecule has 0 aliphatic heterocycles. The summed E-state index contributed by atoms with van der Waals surface area (Å²) in [4.78, 5) is 0. The van der Waals surface area contributed by atoms with E-state index in [9.17, 15) is 0 Å². The van der Waals surface area contributed by atoms with Gasteiger partial charge >= 0.3 is 0 Å². The van der Waals surface area contributed by atoms with Crippen LogP contribution < -0.4 is 10.5 Å². The van der Waals surface area contributed by atoms with Crippen molar-refractivity contribution in [1.29, 1.82) is 0 Å². The maximum Gasteiger partial charge on any atom is 0.170 e. The third kappa shape index (κ3) is 3.25. The Hall–Kier alpha value is -2.49. The first-order chi connectivity index (χ1) is 9.20. The Morgan fingerprint density at radius 3 is 2.74 bits per heavy atom. The van der Waals surface area contributed by atoms with Crippen LogP contribution in [-0.2, 0) is 6.61 Å². The summed E-state index contributed by atoms with van der Waals surface area (Å²) >= 11 is 0. The molecule has 0 heterocycles. The third-order valence-electron chi connectivity index (χ3n) is 2.78. The van der Waals surface area contributed by atoms with Gasteiger partial charge in [-0.2, -0.15) is 0 Å². The summed E-state index contributed by atoms with van der Waals surface area (Å²) in [5.74, 6) is 0.887. The highest BCUT2D eigenvalue weighted by molar-refractivity contribution is 5.98. The van der Waals surface area contributed by atoms with Crippen LogP contribution in [0.2, 0.25) is 0 Å². The second-order valence-electron chi connectivity index (χ2n) is 4.25. The largest absolute Gasteiger partial charge is 0.489 e. The first kappa shape index (κ1) is 13.0. The van der Waals surface area contributed by atoms with Crippen molar-refractivity contribution >= 4 is 5.84 Å². The highest BCUT2D eigenvalue weighted by Crippen LogP contribution is 2.16. The quantitative estimate of drug-likeness (QED) is 0.382. The first-order valence-corrected chi connectivity index (χ1v) is 5.96. The molecule has 19 heavy (non-hydrogen) atoms. The Bertz CT molecular complexity index is 594. The zero-order valence-electron chi connectivity index (χ0n) is 10.7. The highest BCUT2D eigenvalue weighted by atomic mass is 16.5. The van der Waals surface area contributed by atoms with Gasteiger partial charge in [0.15, 0.2) is 5.84 Å². The molecule has 0 fully saturated rings. The minimum atomic E-state index is 0.0865. The van der Waals surface area contributed by atoms with Gasteiger partial charge in [0.2, 0.25) is 0 Å². The summed E-state index contributed by atoms with van der Waals surface area (Å²) in [6.07, 6.45) is 0. The molecule has 0 saturated heterocycles. The van der Waals surface area contributed by atoms with Gasteiger partial charge < -0.3 is 15.7 Å². The molecule has 2 aromatic rings. The van der Waals surface area contributed by atoms with Crippen molar-refractivity contribution < 1.29 is 9.94 Å². The van der Waals surface area contributed by atoms with E-state index in [0.29, 0.717) is 12.2 Å². The third-order valence-corrected chi connectivity index (χ3v) is 2.78. The van der Waals surface area contributed by atoms with Crippen LogP contribution in [0.1, 0.15) is 16.7 Å². The van der Waals surface area contributed by atoms with Crippen molar-refractivity contribution in [3.8, 4) is 5.75 Å². The van der Waals surface area contributed by atoms with Gasteiger partial charge in [0, 0.05) is 11.1 Å². The van der Waals surface area contributed by atoms with Crippen LogP contribution in [0, 0.1) is 6.92 Å². The van der Waals surface area contributed by atoms with Gasteiger partial charge in [-0.05, 0) is 24.6 Å². The van der Waals surface area contributed by atoms with Gasteiger partial charge in [-0.25, -0.2) is 0 Å². The van der Waals surface area contributed by atoms with Crippen molar-refractivity contribution in [3.05, 3.63) is 65.2 Å². The molecule has 4 nitrogen and oxygen atoms in total. The molecule has 2 aromatic carbocycles. The lowest BCUT2D eigenvalue weighted by Gasteiger charge is -2.10. The van der Waals surface area contributed by atoms with Crippen LogP contribution >= 0.6 is 0 Å². The number of aryl methyl sites for hydroxylation is 1. The molecule has 0 saturated carbocycles. The van der Waals surface area contributed by atoms with Gasteiger partial charge in [-0.1, -0.05) is 41.6 Å². The Balaban J connectivity index is 2.16. The summed E-state index contributed by atoms with van der Waals surface area (Å²) < 4.78 is 5.72. The maximum atomic E-state index is 8.76. The second-order valence-corrected chi connectivity index (χ2v) is 4.25. The van der Waals surface area contributed by atoms with E-state index in [2.05, 4.69) is 5.16 Å². The number of rotatable bonds is 4. The minimum Gasteiger partial charge on any atom is -0.489 e. The lowest BCUT2D eigenvalue weighted by Crippen LogP contribution is -2.16. The van der Waals surface area contributed by atoms with Crippen LogP contribution in [-0.4, -0.2) is 11.0 Å². The second kappa shape index (κ2) is 5.91. The summed E-state index contributed by atoms with van der Waals surface area (Å²) in [6, 6.07) is 15.2. The summed E-state index contributed by atoms with van der Waals surface area (Å²) in [5, 5.41) is 11.8. The highest BCUT2D eigenvalue weighted by Gasteiger charge is 2.06. The van der Waals surface area contributed by atoms with Gasteiger partial charge in [-0.3, -0.25) is 0 Å². The maximum absolute atomic E-state index is 8.76. The van der Waals surface area contributed by atoms with E-state index in [1.807, 2.05) is 49.4 Å². The number of ether oxygens (including phenoxy) is 1. The molecule has 0 amide bonds. The molecule has 0 aliphatic rings. The predicted molar refractivity (Wildman–Crippen MR) is 74.5 cm³/mol. The van der Waals surface area contributed by atoms with E-state index in [-0.39, 0.29) is 5.84 Å². The Kier molecular flexibility index (Phi) is 4.03. The van der Waals surface area contributed by atoms with E-state index < -0.39 is 0 Å². The normalized spacial score (nSPS) is 11.3. The van der Waals surface area contributed by atoms with Crippen LogP contribution in [0.15, 0.2) is 53.7 Å².